The van der Waals surface area contributed by atoms with E-state index in [1.165, 1.54) is 16.9 Å². The van der Waals surface area contributed by atoms with E-state index >= 15 is 0 Å². The molecule has 0 spiro atoms. The summed E-state index contributed by atoms with van der Waals surface area (Å²) < 4.78 is 0. The first-order chi connectivity index (χ1) is 13.0. The van der Waals surface area contributed by atoms with Crippen LogP contribution in [-0.2, 0) is 11.3 Å². The second-order valence-electron chi connectivity index (χ2n) is 7.87. The molecule has 0 saturated carbocycles. The maximum Gasteiger partial charge on any atom is 0.264 e. The quantitative estimate of drug-likeness (QED) is 0.804. The van der Waals surface area contributed by atoms with Crippen molar-refractivity contribution in [1.29, 1.82) is 0 Å². The molecule has 0 unspecified atom stereocenters. The number of fused-ring (bicyclic) bond motifs is 1. The Kier molecular flexibility index (Phi) is 5.04. The summed E-state index contributed by atoms with van der Waals surface area (Å²) in [6, 6.07) is 10.5. The van der Waals surface area contributed by atoms with E-state index in [2.05, 4.69) is 31.2 Å². The largest absolute Gasteiger partial charge is 0.336 e. The van der Waals surface area contributed by atoms with Gasteiger partial charge < -0.3 is 9.80 Å². The molecular formula is C22H26N2O2S. The molecular weight excluding hydrogens is 356 g/mol. The van der Waals surface area contributed by atoms with Crippen molar-refractivity contribution in [2.24, 2.45) is 5.92 Å². The van der Waals surface area contributed by atoms with Crippen LogP contribution < -0.4 is 0 Å². The van der Waals surface area contributed by atoms with E-state index in [0.717, 1.165) is 35.4 Å². The molecule has 0 radical (unpaired) electrons. The Morgan fingerprint density at radius 2 is 1.93 bits per heavy atom. The molecule has 5 heteroatoms. The Morgan fingerprint density at radius 3 is 2.63 bits per heavy atom. The van der Waals surface area contributed by atoms with E-state index in [1.807, 2.05) is 28.2 Å². The smallest absolute Gasteiger partial charge is 0.264 e. The number of rotatable bonds is 3. The molecule has 0 bridgehead atoms. The molecule has 0 aliphatic carbocycles. The molecule has 1 aromatic carbocycles. The molecule has 27 heavy (non-hydrogen) atoms. The van der Waals surface area contributed by atoms with E-state index in [4.69, 9.17) is 0 Å². The average Bonchev–Trinajstić information content (AvgIpc) is 3.24. The van der Waals surface area contributed by atoms with Crippen LogP contribution >= 0.6 is 11.3 Å². The zero-order valence-electron chi connectivity index (χ0n) is 16.0. The summed E-state index contributed by atoms with van der Waals surface area (Å²) in [6.07, 6.45) is 2.56. The first-order valence-electron chi connectivity index (χ1n) is 9.71. The fourth-order valence-corrected chi connectivity index (χ4v) is 5.22. The zero-order chi connectivity index (χ0) is 19.0. The monoisotopic (exact) mass is 382 g/mol. The SMILES string of the molecule is Cc1ccc(CN2C(=O)CCC[C@@H]3CN(C(=O)c4sccc4C)C[C@@H]32)cc1. The third-order valence-corrected chi connectivity index (χ3v) is 6.91. The van der Waals surface area contributed by atoms with Crippen molar-refractivity contribution in [3.8, 4) is 0 Å². The van der Waals surface area contributed by atoms with Gasteiger partial charge in [-0.25, -0.2) is 0 Å². The summed E-state index contributed by atoms with van der Waals surface area (Å²) >= 11 is 1.52. The Bertz CT molecular complexity index is 842. The maximum atomic E-state index is 13.0. The highest BCUT2D eigenvalue weighted by Gasteiger charge is 2.42. The number of likely N-dealkylation sites (tertiary alicyclic amines) is 2. The molecule has 2 aliphatic rings. The van der Waals surface area contributed by atoms with Gasteiger partial charge >= 0.3 is 0 Å². The van der Waals surface area contributed by atoms with Crippen molar-refractivity contribution >= 4 is 23.2 Å². The average molecular weight is 383 g/mol. The first kappa shape index (κ1) is 18.2. The molecule has 2 saturated heterocycles. The molecule has 4 rings (SSSR count). The molecule has 2 fully saturated rings. The summed E-state index contributed by atoms with van der Waals surface area (Å²) in [6.45, 7) is 6.12. The van der Waals surface area contributed by atoms with Gasteiger partial charge in [0.05, 0.1) is 10.9 Å². The van der Waals surface area contributed by atoms with Crippen molar-refractivity contribution in [2.75, 3.05) is 13.1 Å². The number of hydrogen-bond donors (Lipinski definition) is 0. The number of carbonyl (C=O) groups is 2. The Labute approximate surface area is 164 Å². The van der Waals surface area contributed by atoms with Crippen LogP contribution in [0.15, 0.2) is 35.7 Å². The molecule has 1 aromatic heterocycles. The molecule has 3 heterocycles. The second-order valence-corrected chi connectivity index (χ2v) is 8.79. The van der Waals surface area contributed by atoms with Gasteiger partial charge in [0.25, 0.3) is 5.91 Å². The zero-order valence-corrected chi connectivity index (χ0v) is 16.8. The van der Waals surface area contributed by atoms with E-state index in [0.29, 0.717) is 25.4 Å². The predicted octanol–water partition coefficient (Wildman–Crippen LogP) is 4.02. The number of amides is 2. The van der Waals surface area contributed by atoms with Crippen LogP contribution in [0.3, 0.4) is 0 Å². The predicted molar refractivity (Wildman–Crippen MR) is 108 cm³/mol. The Hall–Kier alpha value is -2.14. The summed E-state index contributed by atoms with van der Waals surface area (Å²) in [5.74, 6) is 0.731. The lowest BCUT2D eigenvalue weighted by molar-refractivity contribution is -0.133. The second kappa shape index (κ2) is 7.47. The van der Waals surface area contributed by atoms with Crippen LogP contribution in [0, 0.1) is 19.8 Å². The van der Waals surface area contributed by atoms with E-state index in [9.17, 15) is 9.59 Å². The van der Waals surface area contributed by atoms with Gasteiger partial charge in [0, 0.05) is 26.1 Å². The van der Waals surface area contributed by atoms with E-state index < -0.39 is 0 Å². The third-order valence-electron chi connectivity index (χ3n) is 5.91. The minimum Gasteiger partial charge on any atom is -0.336 e. The van der Waals surface area contributed by atoms with Gasteiger partial charge in [-0.15, -0.1) is 11.3 Å². The molecule has 2 aromatic rings. The fourth-order valence-electron chi connectivity index (χ4n) is 4.33. The summed E-state index contributed by atoms with van der Waals surface area (Å²) in [5, 5.41) is 1.98. The van der Waals surface area contributed by atoms with Crippen LogP contribution in [0.2, 0.25) is 0 Å². The highest BCUT2D eigenvalue weighted by molar-refractivity contribution is 7.12. The number of benzene rings is 1. The highest BCUT2D eigenvalue weighted by Crippen LogP contribution is 2.33. The van der Waals surface area contributed by atoms with Gasteiger partial charge in [-0.05, 0) is 55.2 Å². The molecule has 2 atom stereocenters. The van der Waals surface area contributed by atoms with Crippen molar-refractivity contribution < 1.29 is 9.59 Å². The number of aryl methyl sites for hydroxylation is 2. The van der Waals surface area contributed by atoms with Gasteiger partial charge in [-0.2, -0.15) is 0 Å². The lowest BCUT2D eigenvalue weighted by Crippen LogP contribution is -2.43. The van der Waals surface area contributed by atoms with E-state index in [1.54, 1.807) is 0 Å². The van der Waals surface area contributed by atoms with Gasteiger partial charge in [-0.3, -0.25) is 9.59 Å². The first-order valence-corrected chi connectivity index (χ1v) is 10.6. The Balaban J connectivity index is 1.55. The van der Waals surface area contributed by atoms with Gasteiger partial charge in [-0.1, -0.05) is 29.8 Å². The summed E-state index contributed by atoms with van der Waals surface area (Å²) in [7, 11) is 0. The van der Waals surface area contributed by atoms with Crippen molar-refractivity contribution in [3.63, 3.8) is 0 Å². The van der Waals surface area contributed by atoms with Crippen molar-refractivity contribution in [2.45, 2.75) is 45.7 Å². The Morgan fingerprint density at radius 1 is 1.15 bits per heavy atom. The normalized spacial score (nSPS) is 22.7. The van der Waals surface area contributed by atoms with Crippen LogP contribution in [0.4, 0.5) is 0 Å². The lowest BCUT2D eigenvalue weighted by atomic mass is 9.98. The molecule has 0 N–H and O–H groups in total. The summed E-state index contributed by atoms with van der Waals surface area (Å²) in [5.41, 5.74) is 3.43. The summed E-state index contributed by atoms with van der Waals surface area (Å²) in [4.78, 5) is 30.6. The molecule has 2 amide bonds. The lowest BCUT2D eigenvalue weighted by Gasteiger charge is -2.30. The minimum atomic E-state index is 0.123. The maximum absolute atomic E-state index is 13.0. The standard InChI is InChI=1S/C22H26N2O2S/c1-15-6-8-17(9-7-15)12-24-19-14-23(13-18(19)4-3-5-20(24)25)22(26)21-16(2)10-11-27-21/h6-11,18-19H,3-5,12-14H2,1-2H3/t18-,19+/m1/s1. The number of nitrogens with zero attached hydrogens (tertiary/aromatic N) is 2. The van der Waals surface area contributed by atoms with E-state index in [-0.39, 0.29) is 17.9 Å². The number of hydrogen-bond acceptors (Lipinski definition) is 3. The molecule has 2 aliphatic heterocycles. The van der Waals surface area contributed by atoms with Crippen LogP contribution in [0.25, 0.3) is 0 Å². The van der Waals surface area contributed by atoms with Gasteiger partial charge in [0.2, 0.25) is 5.91 Å². The minimum absolute atomic E-state index is 0.123. The van der Waals surface area contributed by atoms with Gasteiger partial charge in [0.15, 0.2) is 0 Å². The molecule has 4 nitrogen and oxygen atoms in total. The van der Waals surface area contributed by atoms with Crippen LogP contribution in [0.5, 0.6) is 0 Å². The van der Waals surface area contributed by atoms with Gasteiger partial charge in [0.1, 0.15) is 0 Å². The number of carbonyl (C=O) groups excluding carboxylic acids is 2. The highest BCUT2D eigenvalue weighted by atomic mass is 32.1. The van der Waals surface area contributed by atoms with Crippen LogP contribution in [-0.4, -0.2) is 40.7 Å². The fraction of sp³-hybridized carbons (Fsp3) is 0.455. The van der Waals surface area contributed by atoms with Crippen molar-refractivity contribution in [1.82, 2.24) is 9.80 Å². The van der Waals surface area contributed by atoms with Crippen LogP contribution in [0.1, 0.15) is 45.6 Å². The topological polar surface area (TPSA) is 40.6 Å². The molecule has 142 valence electrons. The van der Waals surface area contributed by atoms with Crippen molar-refractivity contribution in [3.05, 3.63) is 57.3 Å². The number of thiophene rings is 1. The third kappa shape index (κ3) is 3.65.